The van der Waals surface area contributed by atoms with Crippen molar-refractivity contribution in [2.24, 2.45) is 0 Å². The van der Waals surface area contributed by atoms with Crippen molar-refractivity contribution in [2.45, 2.75) is 0 Å². The minimum Gasteiger partial charge on any atom is -0.398 e. The van der Waals surface area contributed by atoms with Crippen LogP contribution in [0.15, 0.2) is 30.5 Å². The molecule has 0 bridgehead atoms. The number of para-hydroxylation sites is 1. The van der Waals surface area contributed by atoms with Gasteiger partial charge in [0.2, 0.25) is 0 Å². The normalized spacial score (nSPS) is 10.2. The highest BCUT2D eigenvalue weighted by Crippen LogP contribution is 2.16. The van der Waals surface area contributed by atoms with Crippen LogP contribution in [0.25, 0.3) is 10.9 Å². The van der Waals surface area contributed by atoms with E-state index in [1.807, 2.05) is 18.2 Å². The molecule has 2 nitrogen and oxygen atoms in total. The first-order chi connectivity index (χ1) is 5.38. The lowest BCUT2D eigenvalue weighted by atomic mass is 10.2. The molecular formula is C9H7N2. The topological polar surface area (TPSA) is 38.9 Å². The summed E-state index contributed by atoms with van der Waals surface area (Å²) in [5.74, 6) is 0. The molecule has 1 heterocycles. The van der Waals surface area contributed by atoms with Crippen molar-refractivity contribution in [3.63, 3.8) is 0 Å². The van der Waals surface area contributed by atoms with E-state index in [2.05, 4.69) is 11.1 Å². The van der Waals surface area contributed by atoms with Gasteiger partial charge in [-0.05, 0) is 6.07 Å². The molecular weight excluding hydrogens is 136 g/mol. The maximum Gasteiger partial charge on any atom is 0.0801 e. The fraction of sp³-hybridized carbons (Fsp3) is 0. The van der Waals surface area contributed by atoms with Gasteiger partial charge in [0, 0.05) is 23.3 Å². The number of pyridine rings is 1. The lowest BCUT2D eigenvalue weighted by Gasteiger charge is -1.97. The number of rotatable bonds is 0. The number of anilines is 1. The predicted octanol–water partition coefficient (Wildman–Crippen LogP) is 1.62. The average Bonchev–Trinajstić information content (AvgIpc) is 2.06. The second-order valence-corrected chi connectivity index (χ2v) is 2.33. The van der Waals surface area contributed by atoms with Gasteiger partial charge in [-0.3, -0.25) is 4.98 Å². The Morgan fingerprint density at radius 2 is 2.27 bits per heavy atom. The van der Waals surface area contributed by atoms with Crippen molar-refractivity contribution >= 4 is 16.6 Å². The summed E-state index contributed by atoms with van der Waals surface area (Å²) in [6.07, 6.45) is 1.69. The Hall–Kier alpha value is -1.57. The second kappa shape index (κ2) is 2.23. The Labute approximate surface area is 64.7 Å². The number of fused-ring (bicyclic) bond motifs is 1. The Balaban J connectivity index is 2.91. The van der Waals surface area contributed by atoms with E-state index in [-0.39, 0.29) is 0 Å². The van der Waals surface area contributed by atoms with Crippen LogP contribution in [-0.4, -0.2) is 4.98 Å². The van der Waals surface area contributed by atoms with Gasteiger partial charge in [-0.25, -0.2) is 0 Å². The van der Waals surface area contributed by atoms with Gasteiger partial charge in [-0.1, -0.05) is 18.2 Å². The number of aromatic nitrogens is 1. The van der Waals surface area contributed by atoms with Crippen LogP contribution in [0.4, 0.5) is 5.69 Å². The predicted molar refractivity (Wildman–Crippen MR) is 45.0 cm³/mol. The fourth-order valence-corrected chi connectivity index (χ4v) is 1.05. The summed E-state index contributed by atoms with van der Waals surface area (Å²) < 4.78 is 0. The first-order valence-electron chi connectivity index (χ1n) is 3.39. The summed E-state index contributed by atoms with van der Waals surface area (Å²) in [5, 5.41) is 0.968. The summed E-state index contributed by atoms with van der Waals surface area (Å²) in [7, 11) is 0. The molecule has 0 atom stereocenters. The third-order valence-electron chi connectivity index (χ3n) is 1.60. The van der Waals surface area contributed by atoms with E-state index >= 15 is 0 Å². The first kappa shape index (κ1) is 6.16. The van der Waals surface area contributed by atoms with Gasteiger partial charge >= 0.3 is 0 Å². The molecule has 0 spiro atoms. The fourth-order valence-electron chi connectivity index (χ4n) is 1.05. The maximum atomic E-state index is 5.70. The zero-order chi connectivity index (χ0) is 7.68. The molecule has 1 radical (unpaired) electrons. The summed E-state index contributed by atoms with van der Waals surface area (Å²) in [6, 6.07) is 10.5. The first-order valence-corrected chi connectivity index (χ1v) is 3.39. The molecule has 0 saturated heterocycles. The Kier molecular flexibility index (Phi) is 1.25. The number of benzene rings is 1. The highest BCUT2D eigenvalue weighted by molar-refractivity contribution is 5.89. The zero-order valence-electron chi connectivity index (χ0n) is 5.91. The van der Waals surface area contributed by atoms with Crippen LogP contribution >= 0.6 is 0 Å². The molecule has 0 amide bonds. The Morgan fingerprint density at radius 3 is 3.09 bits per heavy atom. The molecule has 1 aromatic carbocycles. The number of nitrogen functional groups attached to an aromatic ring is 1. The molecule has 53 valence electrons. The maximum absolute atomic E-state index is 5.70. The molecule has 2 N–H and O–H groups in total. The van der Waals surface area contributed by atoms with Gasteiger partial charge in [0.25, 0.3) is 0 Å². The summed E-state index contributed by atoms with van der Waals surface area (Å²) in [4.78, 5) is 4.11. The van der Waals surface area contributed by atoms with Crippen molar-refractivity contribution < 1.29 is 0 Å². The van der Waals surface area contributed by atoms with E-state index in [4.69, 9.17) is 5.73 Å². The molecule has 2 rings (SSSR count). The molecule has 0 aliphatic rings. The number of hydrogen-bond acceptors (Lipinski definition) is 2. The molecule has 0 saturated carbocycles. The third kappa shape index (κ3) is 0.923. The lowest BCUT2D eigenvalue weighted by molar-refractivity contribution is 1.41. The SMILES string of the molecule is Nc1ccnc2[c]cccc12. The Bertz CT molecular complexity index is 377. The van der Waals surface area contributed by atoms with E-state index in [1.165, 1.54) is 0 Å². The van der Waals surface area contributed by atoms with Crippen LogP contribution in [0.2, 0.25) is 0 Å². The van der Waals surface area contributed by atoms with E-state index in [0.29, 0.717) is 0 Å². The number of hydrogen-bond donors (Lipinski definition) is 1. The molecule has 0 aliphatic carbocycles. The monoisotopic (exact) mass is 143 g/mol. The molecule has 2 aromatic rings. The number of nitrogens with two attached hydrogens (primary N) is 1. The highest BCUT2D eigenvalue weighted by atomic mass is 14.7. The van der Waals surface area contributed by atoms with E-state index in [1.54, 1.807) is 12.3 Å². The standard InChI is InChI=1S/C9H7N2/c10-8-5-6-11-9-4-2-1-3-7(8)9/h1-3,5-6H,(H2,10,11). The van der Waals surface area contributed by atoms with E-state index in [0.717, 1.165) is 16.6 Å². The summed E-state index contributed by atoms with van der Waals surface area (Å²) in [5.41, 5.74) is 7.28. The molecule has 0 fully saturated rings. The van der Waals surface area contributed by atoms with Gasteiger partial charge in [-0.15, -0.1) is 0 Å². The van der Waals surface area contributed by atoms with Crippen molar-refractivity contribution in [2.75, 3.05) is 5.73 Å². The van der Waals surface area contributed by atoms with Crippen LogP contribution in [-0.2, 0) is 0 Å². The third-order valence-corrected chi connectivity index (χ3v) is 1.60. The van der Waals surface area contributed by atoms with Gasteiger partial charge in [0.1, 0.15) is 0 Å². The van der Waals surface area contributed by atoms with Crippen molar-refractivity contribution in [3.8, 4) is 0 Å². The summed E-state index contributed by atoms with van der Waals surface area (Å²) >= 11 is 0. The van der Waals surface area contributed by atoms with Crippen molar-refractivity contribution in [1.82, 2.24) is 4.98 Å². The molecule has 0 unspecified atom stereocenters. The second-order valence-electron chi connectivity index (χ2n) is 2.33. The largest absolute Gasteiger partial charge is 0.398 e. The van der Waals surface area contributed by atoms with Gasteiger partial charge in [-0.2, -0.15) is 0 Å². The number of nitrogens with zero attached hydrogens (tertiary/aromatic N) is 1. The molecule has 0 aliphatic heterocycles. The van der Waals surface area contributed by atoms with Crippen LogP contribution in [0, 0.1) is 6.07 Å². The van der Waals surface area contributed by atoms with Crippen molar-refractivity contribution in [3.05, 3.63) is 36.5 Å². The highest BCUT2D eigenvalue weighted by Gasteiger charge is 1.94. The van der Waals surface area contributed by atoms with Crippen molar-refractivity contribution in [1.29, 1.82) is 0 Å². The van der Waals surface area contributed by atoms with Crippen LogP contribution in [0.1, 0.15) is 0 Å². The lowest BCUT2D eigenvalue weighted by Crippen LogP contribution is -1.87. The zero-order valence-corrected chi connectivity index (χ0v) is 5.91. The molecule has 1 aromatic heterocycles. The minimum atomic E-state index is 0.756. The Morgan fingerprint density at radius 1 is 1.36 bits per heavy atom. The van der Waals surface area contributed by atoms with Gasteiger partial charge < -0.3 is 5.73 Å². The van der Waals surface area contributed by atoms with Gasteiger partial charge in [0.05, 0.1) is 5.52 Å². The van der Waals surface area contributed by atoms with E-state index < -0.39 is 0 Å². The van der Waals surface area contributed by atoms with E-state index in [9.17, 15) is 0 Å². The molecule has 2 heteroatoms. The summed E-state index contributed by atoms with van der Waals surface area (Å²) in [6.45, 7) is 0. The minimum absolute atomic E-state index is 0.756. The quantitative estimate of drug-likeness (QED) is 0.608. The van der Waals surface area contributed by atoms with Crippen LogP contribution in [0.3, 0.4) is 0 Å². The smallest absolute Gasteiger partial charge is 0.0801 e. The van der Waals surface area contributed by atoms with Crippen LogP contribution in [0.5, 0.6) is 0 Å². The average molecular weight is 143 g/mol. The van der Waals surface area contributed by atoms with Gasteiger partial charge in [0.15, 0.2) is 0 Å². The molecule has 11 heavy (non-hydrogen) atoms. The van der Waals surface area contributed by atoms with Crippen LogP contribution < -0.4 is 5.73 Å².